The number of benzene rings is 2. The lowest BCUT2D eigenvalue weighted by atomic mass is 9.68. The Labute approximate surface area is 202 Å². The summed E-state index contributed by atoms with van der Waals surface area (Å²) in [6.45, 7) is 7.60. The van der Waals surface area contributed by atoms with Crippen LogP contribution in [0.1, 0.15) is 94.6 Å². The van der Waals surface area contributed by atoms with Gasteiger partial charge in [-0.25, -0.2) is 0 Å². The number of hydrogen-bond acceptors (Lipinski definition) is 1. The van der Waals surface area contributed by atoms with E-state index in [4.69, 9.17) is 4.74 Å². The molecule has 0 radical (unpaired) electrons. The van der Waals surface area contributed by atoms with Crippen molar-refractivity contribution in [3.63, 3.8) is 0 Å². The Kier molecular flexibility index (Phi) is 9.24. The van der Waals surface area contributed by atoms with Gasteiger partial charge in [-0.05, 0) is 104 Å². The van der Waals surface area contributed by atoms with Crippen molar-refractivity contribution in [3.8, 4) is 11.1 Å². The molecular weight excluding hydrogens is 400 g/mol. The Balaban J connectivity index is 1.24. The molecule has 1 nitrogen and oxygen atoms in total. The van der Waals surface area contributed by atoms with E-state index in [1.54, 1.807) is 5.56 Å². The van der Waals surface area contributed by atoms with Crippen molar-refractivity contribution in [2.45, 2.75) is 90.1 Å². The maximum absolute atomic E-state index is 5.66. The molecule has 0 bridgehead atoms. The van der Waals surface area contributed by atoms with E-state index >= 15 is 0 Å². The van der Waals surface area contributed by atoms with Gasteiger partial charge in [0.2, 0.25) is 0 Å². The number of allylic oxidation sites excluding steroid dienone is 1. The second-order valence-corrected chi connectivity index (χ2v) is 10.6. The van der Waals surface area contributed by atoms with Gasteiger partial charge in [0, 0.05) is 6.61 Å². The first-order chi connectivity index (χ1) is 16.3. The molecule has 2 aliphatic rings. The van der Waals surface area contributed by atoms with E-state index in [1.165, 1.54) is 80.9 Å². The average Bonchev–Trinajstić information content (AvgIpc) is 2.89. The third kappa shape index (κ3) is 6.82. The summed E-state index contributed by atoms with van der Waals surface area (Å²) < 4.78 is 5.66. The van der Waals surface area contributed by atoms with E-state index in [-0.39, 0.29) is 0 Å². The summed E-state index contributed by atoms with van der Waals surface area (Å²) in [7, 11) is 0. The third-order valence-corrected chi connectivity index (χ3v) is 8.40. The lowest BCUT2D eigenvalue weighted by molar-refractivity contribution is 0.121. The molecule has 0 atom stereocenters. The van der Waals surface area contributed by atoms with E-state index < -0.39 is 0 Å². The molecule has 0 spiro atoms. The molecule has 2 aromatic rings. The van der Waals surface area contributed by atoms with Gasteiger partial charge in [0.25, 0.3) is 0 Å². The normalized spacial score (nSPS) is 25.6. The summed E-state index contributed by atoms with van der Waals surface area (Å²) in [5.41, 5.74) is 5.43. The van der Waals surface area contributed by atoms with Crippen molar-refractivity contribution in [1.82, 2.24) is 0 Å². The van der Waals surface area contributed by atoms with Crippen molar-refractivity contribution < 1.29 is 4.74 Å². The van der Waals surface area contributed by atoms with Crippen LogP contribution in [0.5, 0.6) is 0 Å². The highest BCUT2D eigenvalue weighted by atomic mass is 16.5. The van der Waals surface area contributed by atoms with Gasteiger partial charge in [0.05, 0.1) is 6.61 Å². The van der Waals surface area contributed by atoms with E-state index in [1.807, 2.05) is 0 Å². The van der Waals surface area contributed by atoms with Crippen molar-refractivity contribution >= 4 is 0 Å². The second-order valence-electron chi connectivity index (χ2n) is 10.6. The lowest BCUT2D eigenvalue weighted by Crippen LogP contribution is -2.25. The van der Waals surface area contributed by atoms with Crippen LogP contribution in [0.25, 0.3) is 11.1 Å². The van der Waals surface area contributed by atoms with E-state index in [9.17, 15) is 0 Å². The van der Waals surface area contributed by atoms with Gasteiger partial charge in [-0.2, -0.15) is 0 Å². The summed E-state index contributed by atoms with van der Waals surface area (Å²) in [6.07, 6.45) is 17.3. The molecular formula is C32H44O. The highest BCUT2D eigenvalue weighted by molar-refractivity contribution is 5.64. The van der Waals surface area contributed by atoms with E-state index in [2.05, 4.69) is 68.1 Å². The van der Waals surface area contributed by atoms with Gasteiger partial charge in [0.1, 0.15) is 0 Å². The van der Waals surface area contributed by atoms with Crippen LogP contribution < -0.4 is 0 Å². The lowest BCUT2D eigenvalue weighted by Gasteiger charge is -2.38. The van der Waals surface area contributed by atoms with Crippen LogP contribution in [0.2, 0.25) is 0 Å². The first-order valence-electron chi connectivity index (χ1n) is 13.6. The van der Waals surface area contributed by atoms with Crippen LogP contribution in [-0.4, -0.2) is 6.61 Å². The molecule has 2 aromatic carbocycles. The Bertz CT molecular complexity index is 818. The van der Waals surface area contributed by atoms with E-state index in [0.29, 0.717) is 6.61 Å². The molecule has 33 heavy (non-hydrogen) atoms. The molecule has 2 fully saturated rings. The zero-order chi connectivity index (χ0) is 22.9. The Morgan fingerprint density at radius 1 is 0.788 bits per heavy atom. The van der Waals surface area contributed by atoms with E-state index in [0.717, 1.165) is 36.7 Å². The van der Waals surface area contributed by atoms with Crippen molar-refractivity contribution in [1.29, 1.82) is 0 Å². The fourth-order valence-electron chi connectivity index (χ4n) is 6.30. The SMILES string of the molecule is C=CCCC1CCC(C2CCC(c3ccc(-c4ccc(COCCC)cc4)cc3)CC2)CC1. The second kappa shape index (κ2) is 12.6. The molecule has 4 rings (SSSR count). The summed E-state index contributed by atoms with van der Waals surface area (Å²) in [5, 5.41) is 0. The number of rotatable bonds is 10. The van der Waals surface area contributed by atoms with Gasteiger partial charge in [-0.3, -0.25) is 0 Å². The predicted octanol–water partition coefficient (Wildman–Crippen LogP) is 9.33. The van der Waals surface area contributed by atoms with Crippen LogP contribution in [0.4, 0.5) is 0 Å². The quantitative estimate of drug-likeness (QED) is 0.262. The van der Waals surface area contributed by atoms with Crippen LogP contribution in [0.15, 0.2) is 61.2 Å². The standard InChI is InChI=1S/C32H44O/c1-3-5-6-25-7-11-27(12-8-25)29-15-19-31(20-16-29)32-21-17-30(18-22-32)28-13-9-26(10-14-28)24-33-23-4-2/h3,9-10,13-14,17-18,21-22,25,27,29,31H,1,4-8,11-12,15-16,19-20,23-24H2,2H3. The molecule has 0 saturated heterocycles. The predicted molar refractivity (Wildman–Crippen MR) is 141 cm³/mol. The molecule has 0 aromatic heterocycles. The van der Waals surface area contributed by atoms with Crippen molar-refractivity contribution in [2.24, 2.45) is 17.8 Å². The molecule has 2 aliphatic carbocycles. The van der Waals surface area contributed by atoms with Gasteiger partial charge < -0.3 is 4.74 Å². The van der Waals surface area contributed by atoms with Gasteiger partial charge in [0.15, 0.2) is 0 Å². The van der Waals surface area contributed by atoms with Crippen LogP contribution in [-0.2, 0) is 11.3 Å². The molecule has 2 saturated carbocycles. The Morgan fingerprint density at radius 3 is 1.94 bits per heavy atom. The minimum Gasteiger partial charge on any atom is -0.377 e. The minimum atomic E-state index is 0.715. The zero-order valence-corrected chi connectivity index (χ0v) is 20.8. The fourth-order valence-corrected chi connectivity index (χ4v) is 6.30. The van der Waals surface area contributed by atoms with Crippen LogP contribution in [0.3, 0.4) is 0 Å². The summed E-state index contributed by atoms with van der Waals surface area (Å²) >= 11 is 0. The van der Waals surface area contributed by atoms with Gasteiger partial charge in [-0.15, -0.1) is 6.58 Å². The highest BCUT2D eigenvalue weighted by Gasteiger charge is 2.31. The van der Waals surface area contributed by atoms with Crippen molar-refractivity contribution in [2.75, 3.05) is 6.61 Å². The molecule has 0 aliphatic heterocycles. The smallest absolute Gasteiger partial charge is 0.0716 e. The molecule has 1 heteroatoms. The fraction of sp³-hybridized carbons (Fsp3) is 0.562. The Hall–Kier alpha value is -1.86. The van der Waals surface area contributed by atoms with Crippen LogP contribution in [0, 0.1) is 17.8 Å². The molecule has 0 heterocycles. The maximum atomic E-state index is 5.66. The zero-order valence-electron chi connectivity index (χ0n) is 20.8. The maximum Gasteiger partial charge on any atom is 0.0716 e. The first kappa shape index (κ1) is 24.3. The number of hydrogen-bond donors (Lipinski definition) is 0. The topological polar surface area (TPSA) is 9.23 Å². The minimum absolute atomic E-state index is 0.715. The Morgan fingerprint density at radius 2 is 1.36 bits per heavy atom. The molecule has 178 valence electrons. The van der Waals surface area contributed by atoms with Crippen LogP contribution >= 0.6 is 0 Å². The number of ether oxygens (including phenoxy) is 1. The van der Waals surface area contributed by atoms with Gasteiger partial charge in [-0.1, -0.05) is 74.4 Å². The molecule has 0 amide bonds. The summed E-state index contributed by atoms with van der Waals surface area (Å²) in [4.78, 5) is 0. The average molecular weight is 445 g/mol. The van der Waals surface area contributed by atoms with Crippen molar-refractivity contribution in [3.05, 3.63) is 72.3 Å². The molecule has 0 N–H and O–H groups in total. The summed E-state index contributed by atoms with van der Waals surface area (Å²) in [6, 6.07) is 18.3. The van der Waals surface area contributed by atoms with Gasteiger partial charge >= 0.3 is 0 Å². The summed E-state index contributed by atoms with van der Waals surface area (Å²) in [5.74, 6) is 3.72. The monoisotopic (exact) mass is 444 g/mol. The highest BCUT2D eigenvalue weighted by Crippen LogP contribution is 2.44. The first-order valence-corrected chi connectivity index (χ1v) is 13.6. The third-order valence-electron chi connectivity index (χ3n) is 8.40. The molecule has 0 unspecified atom stereocenters. The largest absolute Gasteiger partial charge is 0.377 e.